The standard InChI is InChI=1S/C15H22N4O2S/c1-15(2,3)21-14(20)18-12-5-7-19(8-6-12)13(22-4)11(9-16)10-17/h12H,5-8H2,1-4H3,(H,18,20). The van der Waals surface area contributed by atoms with Crippen LogP contribution >= 0.6 is 11.8 Å². The molecule has 0 aliphatic carbocycles. The molecule has 0 aromatic carbocycles. The molecule has 0 unspecified atom stereocenters. The number of nitrogens with one attached hydrogen (secondary N) is 1. The van der Waals surface area contributed by atoms with Gasteiger partial charge in [-0.05, 0) is 39.9 Å². The van der Waals surface area contributed by atoms with E-state index < -0.39 is 11.7 Å². The summed E-state index contributed by atoms with van der Waals surface area (Å²) in [4.78, 5) is 13.8. The number of hydrogen-bond acceptors (Lipinski definition) is 6. The Balaban J connectivity index is 2.57. The van der Waals surface area contributed by atoms with E-state index in [0.29, 0.717) is 18.1 Å². The van der Waals surface area contributed by atoms with Crippen LogP contribution in [0.25, 0.3) is 0 Å². The molecule has 1 aliphatic heterocycles. The molecule has 120 valence electrons. The van der Waals surface area contributed by atoms with Gasteiger partial charge in [0.25, 0.3) is 0 Å². The smallest absolute Gasteiger partial charge is 0.407 e. The van der Waals surface area contributed by atoms with Crippen LogP contribution in [-0.4, -0.2) is 42.0 Å². The lowest BCUT2D eigenvalue weighted by Gasteiger charge is -2.35. The van der Waals surface area contributed by atoms with E-state index in [1.165, 1.54) is 11.8 Å². The molecule has 1 rings (SSSR count). The first-order chi connectivity index (χ1) is 10.3. The van der Waals surface area contributed by atoms with Crippen molar-refractivity contribution in [2.75, 3.05) is 19.3 Å². The molecule has 6 nitrogen and oxygen atoms in total. The summed E-state index contributed by atoms with van der Waals surface area (Å²) < 4.78 is 5.25. The summed E-state index contributed by atoms with van der Waals surface area (Å²) in [5, 5.41) is 21.6. The molecule has 0 saturated carbocycles. The van der Waals surface area contributed by atoms with Gasteiger partial charge in [-0.3, -0.25) is 0 Å². The average Bonchev–Trinajstić information content (AvgIpc) is 2.43. The van der Waals surface area contributed by atoms with Gasteiger partial charge in [0, 0.05) is 19.1 Å². The third-order valence-corrected chi connectivity index (χ3v) is 3.98. The Morgan fingerprint density at radius 2 is 1.82 bits per heavy atom. The molecule has 1 fully saturated rings. The van der Waals surface area contributed by atoms with Gasteiger partial charge in [-0.25, -0.2) is 4.79 Å². The van der Waals surface area contributed by atoms with Crippen LogP contribution in [0.2, 0.25) is 0 Å². The van der Waals surface area contributed by atoms with E-state index in [2.05, 4.69) is 5.32 Å². The van der Waals surface area contributed by atoms with Crippen LogP contribution in [0.4, 0.5) is 4.79 Å². The Morgan fingerprint density at radius 1 is 1.27 bits per heavy atom. The van der Waals surface area contributed by atoms with Crippen molar-refractivity contribution < 1.29 is 9.53 Å². The molecular formula is C15H22N4O2S. The Morgan fingerprint density at radius 3 is 2.23 bits per heavy atom. The molecule has 22 heavy (non-hydrogen) atoms. The van der Waals surface area contributed by atoms with Crippen molar-refractivity contribution in [3.05, 3.63) is 10.6 Å². The van der Waals surface area contributed by atoms with E-state index in [-0.39, 0.29) is 11.6 Å². The number of ether oxygens (including phenoxy) is 1. The lowest BCUT2D eigenvalue weighted by Crippen LogP contribution is -2.45. The van der Waals surface area contributed by atoms with Gasteiger partial charge in [-0.2, -0.15) is 10.5 Å². The zero-order valence-corrected chi connectivity index (χ0v) is 14.3. The predicted molar refractivity (Wildman–Crippen MR) is 85.7 cm³/mol. The predicted octanol–water partition coefficient (Wildman–Crippen LogP) is 2.60. The van der Waals surface area contributed by atoms with Crippen molar-refractivity contribution in [2.24, 2.45) is 0 Å². The maximum absolute atomic E-state index is 11.8. The van der Waals surface area contributed by atoms with Crippen LogP contribution in [0, 0.1) is 22.7 Å². The number of alkyl carbamates (subject to hydrolysis) is 1. The number of amides is 1. The molecule has 0 spiro atoms. The number of nitriles is 2. The second kappa shape index (κ2) is 7.95. The highest BCUT2D eigenvalue weighted by atomic mass is 32.2. The van der Waals surface area contributed by atoms with Gasteiger partial charge in [0.05, 0.1) is 5.03 Å². The second-order valence-electron chi connectivity index (χ2n) is 6.02. The third-order valence-electron chi connectivity index (χ3n) is 3.13. The summed E-state index contributed by atoms with van der Waals surface area (Å²) in [5.74, 6) is 0. The summed E-state index contributed by atoms with van der Waals surface area (Å²) in [7, 11) is 0. The average molecular weight is 322 g/mol. The number of rotatable bonds is 3. The molecule has 0 aromatic heterocycles. The van der Waals surface area contributed by atoms with E-state index >= 15 is 0 Å². The number of piperidine rings is 1. The van der Waals surface area contributed by atoms with Crippen LogP contribution in [-0.2, 0) is 4.74 Å². The van der Waals surface area contributed by atoms with Crippen molar-refractivity contribution in [1.82, 2.24) is 10.2 Å². The van der Waals surface area contributed by atoms with Crippen molar-refractivity contribution in [1.29, 1.82) is 10.5 Å². The highest BCUT2D eigenvalue weighted by molar-refractivity contribution is 8.02. The largest absolute Gasteiger partial charge is 0.444 e. The first-order valence-electron chi connectivity index (χ1n) is 7.13. The summed E-state index contributed by atoms with van der Waals surface area (Å²) in [6.45, 7) is 6.88. The Hall–Kier alpha value is -1.86. The van der Waals surface area contributed by atoms with E-state index in [1.54, 1.807) is 0 Å². The number of thioether (sulfide) groups is 1. The van der Waals surface area contributed by atoms with Crippen LogP contribution in [0.1, 0.15) is 33.6 Å². The van der Waals surface area contributed by atoms with E-state index in [9.17, 15) is 4.79 Å². The Bertz CT molecular complexity index is 501. The monoisotopic (exact) mass is 322 g/mol. The van der Waals surface area contributed by atoms with Gasteiger partial charge >= 0.3 is 6.09 Å². The van der Waals surface area contributed by atoms with Gasteiger partial charge in [0.2, 0.25) is 0 Å². The number of likely N-dealkylation sites (tertiary alicyclic amines) is 1. The lowest BCUT2D eigenvalue weighted by molar-refractivity contribution is 0.0485. The molecule has 1 amide bonds. The summed E-state index contributed by atoms with van der Waals surface area (Å²) in [6.07, 6.45) is 2.97. The summed E-state index contributed by atoms with van der Waals surface area (Å²) >= 11 is 1.41. The van der Waals surface area contributed by atoms with Gasteiger partial charge in [-0.1, -0.05) is 0 Å². The van der Waals surface area contributed by atoms with E-state index in [0.717, 1.165) is 12.8 Å². The fraction of sp³-hybridized carbons (Fsp3) is 0.667. The molecule has 0 atom stereocenters. The van der Waals surface area contributed by atoms with Crippen molar-refractivity contribution >= 4 is 17.9 Å². The molecule has 1 saturated heterocycles. The molecule has 0 aromatic rings. The first kappa shape index (κ1) is 18.2. The summed E-state index contributed by atoms with van der Waals surface area (Å²) in [5.41, 5.74) is -0.361. The number of hydrogen-bond donors (Lipinski definition) is 1. The van der Waals surface area contributed by atoms with Gasteiger partial charge in [0.15, 0.2) is 5.57 Å². The quantitative estimate of drug-likeness (QED) is 0.803. The number of nitrogens with zero attached hydrogens (tertiary/aromatic N) is 3. The molecule has 1 heterocycles. The third kappa shape index (κ3) is 5.50. The normalized spacial score (nSPS) is 15.5. The second-order valence-corrected chi connectivity index (χ2v) is 6.81. The molecular weight excluding hydrogens is 300 g/mol. The minimum absolute atomic E-state index is 0.0572. The van der Waals surface area contributed by atoms with E-state index in [4.69, 9.17) is 15.3 Å². The topological polar surface area (TPSA) is 89.2 Å². The number of carbonyl (C=O) groups excluding carboxylic acids is 1. The molecule has 1 aliphatic rings. The zero-order chi connectivity index (χ0) is 16.8. The van der Waals surface area contributed by atoms with Crippen molar-refractivity contribution in [2.45, 2.75) is 45.3 Å². The van der Waals surface area contributed by atoms with Gasteiger partial charge < -0.3 is 15.0 Å². The van der Waals surface area contributed by atoms with Crippen molar-refractivity contribution in [3.63, 3.8) is 0 Å². The maximum atomic E-state index is 11.8. The lowest BCUT2D eigenvalue weighted by atomic mass is 10.1. The fourth-order valence-corrected chi connectivity index (χ4v) is 2.95. The Kier molecular flexibility index (Phi) is 6.58. The molecule has 7 heteroatoms. The highest BCUT2D eigenvalue weighted by Crippen LogP contribution is 2.25. The SMILES string of the molecule is CSC(=C(C#N)C#N)N1CCC(NC(=O)OC(C)(C)C)CC1. The Labute approximate surface area is 136 Å². The number of allylic oxidation sites excluding steroid dienone is 1. The molecule has 0 bridgehead atoms. The van der Waals surface area contributed by atoms with Crippen LogP contribution < -0.4 is 5.32 Å². The van der Waals surface area contributed by atoms with E-state index in [1.807, 2.05) is 44.1 Å². The van der Waals surface area contributed by atoms with Crippen LogP contribution in [0.5, 0.6) is 0 Å². The maximum Gasteiger partial charge on any atom is 0.407 e. The molecule has 1 N–H and O–H groups in total. The fourth-order valence-electron chi connectivity index (χ4n) is 2.21. The van der Waals surface area contributed by atoms with Crippen molar-refractivity contribution in [3.8, 4) is 12.1 Å². The first-order valence-corrected chi connectivity index (χ1v) is 8.36. The minimum Gasteiger partial charge on any atom is -0.444 e. The van der Waals surface area contributed by atoms with Crippen LogP contribution in [0.3, 0.4) is 0 Å². The van der Waals surface area contributed by atoms with Gasteiger partial charge in [-0.15, -0.1) is 11.8 Å². The minimum atomic E-state index is -0.506. The number of carbonyl (C=O) groups is 1. The highest BCUT2D eigenvalue weighted by Gasteiger charge is 2.25. The molecule has 0 radical (unpaired) electrons. The summed E-state index contributed by atoms with van der Waals surface area (Å²) in [6, 6.07) is 3.93. The zero-order valence-electron chi connectivity index (χ0n) is 13.5. The van der Waals surface area contributed by atoms with Gasteiger partial charge in [0.1, 0.15) is 17.7 Å². The van der Waals surface area contributed by atoms with Crippen LogP contribution in [0.15, 0.2) is 10.6 Å².